The van der Waals surface area contributed by atoms with Crippen LogP contribution in [0.15, 0.2) is 0 Å². The molecule has 5 heteroatoms. The van der Waals surface area contributed by atoms with Gasteiger partial charge in [-0.2, -0.15) is 0 Å². The van der Waals surface area contributed by atoms with Crippen LogP contribution >= 0.6 is 0 Å². The molecule has 0 saturated carbocycles. The van der Waals surface area contributed by atoms with Gasteiger partial charge >= 0.3 is 0 Å². The number of aliphatic hydroxyl groups is 1. The Bertz CT molecular complexity index is 189. The fourth-order valence-electron chi connectivity index (χ4n) is 0.884. The molecule has 0 aromatic carbocycles. The third-order valence-electron chi connectivity index (χ3n) is 1.56. The number of sulfone groups is 1. The van der Waals surface area contributed by atoms with E-state index in [1.165, 1.54) is 0 Å². The Balaban J connectivity index is 3.48. The van der Waals surface area contributed by atoms with Gasteiger partial charge in [0.25, 0.3) is 0 Å². The maximum absolute atomic E-state index is 11.0. The van der Waals surface area contributed by atoms with Gasteiger partial charge in [0.2, 0.25) is 0 Å². The van der Waals surface area contributed by atoms with Gasteiger partial charge in [-0.15, -0.1) is 0 Å². The lowest BCUT2D eigenvalue weighted by atomic mass is 10.2. The van der Waals surface area contributed by atoms with Crippen LogP contribution in [-0.4, -0.2) is 38.2 Å². The average Bonchev–Trinajstić information content (AvgIpc) is 1.98. The molecule has 0 spiro atoms. The topological polar surface area (TPSA) is 80.4 Å². The van der Waals surface area contributed by atoms with Crippen molar-refractivity contribution < 1.29 is 13.5 Å². The second kappa shape index (κ2) is 6.39. The number of hydrogen-bond donors (Lipinski definition) is 2. The summed E-state index contributed by atoms with van der Waals surface area (Å²) < 4.78 is 22.0. The quantitative estimate of drug-likeness (QED) is 0.538. The van der Waals surface area contributed by atoms with E-state index < -0.39 is 9.84 Å². The molecular formula is C7H17NO3S. The van der Waals surface area contributed by atoms with E-state index >= 15 is 0 Å². The highest BCUT2D eigenvalue weighted by Gasteiger charge is 2.08. The monoisotopic (exact) mass is 195 g/mol. The van der Waals surface area contributed by atoms with Gasteiger partial charge in [0, 0.05) is 0 Å². The number of nitrogens with two attached hydrogens (primary N) is 1. The first kappa shape index (κ1) is 11.9. The maximum Gasteiger partial charge on any atom is 0.152 e. The Kier molecular flexibility index (Phi) is 6.32. The highest BCUT2D eigenvalue weighted by molar-refractivity contribution is 7.91. The van der Waals surface area contributed by atoms with Crippen molar-refractivity contribution in [1.29, 1.82) is 0 Å². The normalized spacial score (nSPS) is 11.8. The van der Waals surface area contributed by atoms with Crippen molar-refractivity contribution in [2.24, 2.45) is 5.73 Å². The summed E-state index contributed by atoms with van der Waals surface area (Å²) in [6.45, 7) is 0.333. The van der Waals surface area contributed by atoms with Gasteiger partial charge in [-0.05, 0) is 19.4 Å². The minimum atomic E-state index is -3.00. The second-order valence-corrected chi connectivity index (χ2v) is 5.03. The molecule has 3 N–H and O–H groups in total. The van der Waals surface area contributed by atoms with Gasteiger partial charge < -0.3 is 10.8 Å². The fourth-order valence-corrected chi connectivity index (χ4v) is 2.01. The van der Waals surface area contributed by atoms with Crippen molar-refractivity contribution in [3.63, 3.8) is 0 Å². The van der Waals surface area contributed by atoms with Crippen LogP contribution in [0.5, 0.6) is 0 Å². The zero-order valence-electron chi connectivity index (χ0n) is 7.20. The molecule has 12 heavy (non-hydrogen) atoms. The van der Waals surface area contributed by atoms with Crippen molar-refractivity contribution in [1.82, 2.24) is 0 Å². The molecule has 0 bridgehead atoms. The Labute approximate surface area is 73.7 Å². The predicted molar refractivity (Wildman–Crippen MR) is 48.6 cm³/mol. The SMILES string of the molecule is NCCCCCS(=O)(=O)CCO. The molecule has 0 heterocycles. The van der Waals surface area contributed by atoms with Crippen molar-refractivity contribution in [2.45, 2.75) is 19.3 Å². The summed E-state index contributed by atoms with van der Waals surface area (Å²) in [5.74, 6) is 0.0587. The predicted octanol–water partition coefficient (Wildman–Crippen LogP) is -0.477. The molecule has 0 saturated heterocycles. The van der Waals surface area contributed by atoms with Crippen molar-refractivity contribution in [2.75, 3.05) is 24.7 Å². The first-order chi connectivity index (χ1) is 5.62. The Morgan fingerprint density at radius 3 is 2.25 bits per heavy atom. The van der Waals surface area contributed by atoms with E-state index in [2.05, 4.69) is 0 Å². The zero-order chi connectivity index (χ0) is 9.45. The van der Waals surface area contributed by atoms with Gasteiger partial charge in [0.05, 0.1) is 18.1 Å². The minimum Gasteiger partial charge on any atom is -0.395 e. The summed E-state index contributed by atoms with van der Waals surface area (Å²) >= 11 is 0. The molecular weight excluding hydrogens is 178 g/mol. The van der Waals surface area contributed by atoms with Gasteiger partial charge in [-0.1, -0.05) is 6.42 Å². The van der Waals surface area contributed by atoms with Crippen LogP contribution in [0.4, 0.5) is 0 Å². The van der Waals surface area contributed by atoms with Crippen LogP contribution in [0.25, 0.3) is 0 Å². The Morgan fingerprint density at radius 1 is 1.08 bits per heavy atom. The smallest absolute Gasteiger partial charge is 0.152 e. The summed E-state index contributed by atoms with van der Waals surface area (Å²) in [5.41, 5.74) is 5.25. The molecule has 0 aromatic heterocycles. The van der Waals surface area contributed by atoms with Crippen LogP contribution in [0.1, 0.15) is 19.3 Å². The van der Waals surface area contributed by atoms with Crippen molar-refractivity contribution in [3.05, 3.63) is 0 Å². The van der Waals surface area contributed by atoms with Crippen LogP contribution in [-0.2, 0) is 9.84 Å². The standard InChI is InChI=1S/C7H17NO3S/c8-4-2-1-3-6-12(10,11)7-5-9/h9H,1-8H2. The summed E-state index contributed by atoms with van der Waals surface area (Å²) in [7, 11) is -3.00. The molecule has 0 rings (SSSR count). The van der Waals surface area contributed by atoms with Gasteiger partial charge in [0.15, 0.2) is 9.84 Å². The largest absolute Gasteiger partial charge is 0.395 e. The molecule has 0 fully saturated rings. The van der Waals surface area contributed by atoms with E-state index in [0.717, 1.165) is 12.8 Å². The summed E-state index contributed by atoms with van der Waals surface area (Å²) in [4.78, 5) is 0. The van der Waals surface area contributed by atoms with E-state index in [0.29, 0.717) is 13.0 Å². The molecule has 0 aliphatic rings. The molecule has 0 amide bonds. The van der Waals surface area contributed by atoms with E-state index in [-0.39, 0.29) is 18.1 Å². The first-order valence-electron chi connectivity index (χ1n) is 4.14. The molecule has 0 atom stereocenters. The lowest BCUT2D eigenvalue weighted by Gasteiger charge is -2.00. The lowest BCUT2D eigenvalue weighted by molar-refractivity contribution is 0.319. The van der Waals surface area contributed by atoms with Crippen LogP contribution in [0, 0.1) is 0 Å². The number of rotatable bonds is 7. The fraction of sp³-hybridized carbons (Fsp3) is 1.00. The zero-order valence-corrected chi connectivity index (χ0v) is 8.02. The van der Waals surface area contributed by atoms with Gasteiger partial charge in [-0.3, -0.25) is 0 Å². The van der Waals surface area contributed by atoms with Crippen molar-refractivity contribution in [3.8, 4) is 0 Å². The molecule has 0 radical (unpaired) electrons. The van der Waals surface area contributed by atoms with Crippen LogP contribution < -0.4 is 5.73 Å². The lowest BCUT2D eigenvalue weighted by Crippen LogP contribution is -2.14. The molecule has 0 aromatic rings. The molecule has 0 unspecified atom stereocenters. The third-order valence-corrected chi connectivity index (χ3v) is 3.28. The number of hydrogen-bond acceptors (Lipinski definition) is 4. The van der Waals surface area contributed by atoms with Gasteiger partial charge in [0.1, 0.15) is 0 Å². The van der Waals surface area contributed by atoms with Crippen molar-refractivity contribution >= 4 is 9.84 Å². The Morgan fingerprint density at radius 2 is 1.75 bits per heavy atom. The molecule has 4 nitrogen and oxygen atoms in total. The highest BCUT2D eigenvalue weighted by Crippen LogP contribution is 1.99. The van der Waals surface area contributed by atoms with E-state index in [9.17, 15) is 8.42 Å². The van der Waals surface area contributed by atoms with E-state index in [1.54, 1.807) is 0 Å². The van der Waals surface area contributed by atoms with E-state index in [1.807, 2.05) is 0 Å². The summed E-state index contributed by atoms with van der Waals surface area (Å²) in [6, 6.07) is 0. The molecule has 0 aliphatic heterocycles. The second-order valence-electron chi connectivity index (χ2n) is 2.72. The number of unbranched alkanes of at least 4 members (excludes halogenated alkanes) is 2. The minimum absolute atomic E-state index is 0.115. The number of aliphatic hydroxyl groups excluding tert-OH is 1. The molecule has 0 aliphatic carbocycles. The molecule has 74 valence electrons. The Hall–Kier alpha value is -0.130. The van der Waals surface area contributed by atoms with Gasteiger partial charge in [-0.25, -0.2) is 8.42 Å². The average molecular weight is 195 g/mol. The maximum atomic E-state index is 11.0. The first-order valence-corrected chi connectivity index (χ1v) is 5.96. The summed E-state index contributed by atoms with van der Waals surface area (Å²) in [5, 5.41) is 8.41. The summed E-state index contributed by atoms with van der Waals surface area (Å²) in [6.07, 6.45) is 2.37. The third kappa shape index (κ3) is 6.57. The highest BCUT2D eigenvalue weighted by atomic mass is 32.2. The van der Waals surface area contributed by atoms with E-state index in [4.69, 9.17) is 10.8 Å². The van der Waals surface area contributed by atoms with Crippen LogP contribution in [0.2, 0.25) is 0 Å². The van der Waals surface area contributed by atoms with Crippen LogP contribution in [0.3, 0.4) is 0 Å².